The maximum atomic E-state index is 11.8. The molecule has 29 heavy (non-hydrogen) atoms. The molecule has 0 amide bonds. The third-order valence-corrected chi connectivity index (χ3v) is 6.04. The van der Waals surface area contributed by atoms with Gasteiger partial charge in [-0.25, -0.2) is 4.98 Å². The topological polar surface area (TPSA) is 44.1 Å². The Labute approximate surface area is 179 Å². The van der Waals surface area contributed by atoms with E-state index in [1.54, 1.807) is 0 Å². The molecule has 2 atom stereocenters. The van der Waals surface area contributed by atoms with E-state index in [1.807, 2.05) is 19.4 Å². The van der Waals surface area contributed by atoms with Crippen LogP contribution in [0.4, 0.5) is 0 Å². The van der Waals surface area contributed by atoms with Crippen LogP contribution in [-0.4, -0.2) is 22.1 Å². The number of carbonyl (C=O) groups is 1. The summed E-state index contributed by atoms with van der Waals surface area (Å²) in [6.45, 7) is 6.74. The van der Waals surface area contributed by atoms with E-state index in [9.17, 15) is 4.79 Å². The first-order chi connectivity index (χ1) is 14.2. The molecule has 1 rings (SSSR count). The second kappa shape index (κ2) is 17.5. The minimum Gasteiger partial charge on any atom is -0.466 e. The Kier molecular flexibility index (Phi) is 15.5. The van der Waals surface area contributed by atoms with Gasteiger partial charge in [0.15, 0.2) is 0 Å². The van der Waals surface area contributed by atoms with Crippen LogP contribution >= 0.6 is 0 Å². The molecule has 1 heterocycles. The molecule has 1 aromatic rings. The van der Waals surface area contributed by atoms with E-state index in [0.29, 0.717) is 12.6 Å². The maximum Gasteiger partial charge on any atom is 0.308 e. The van der Waals surface area contributed by atoms with Crippen molar-refractivity contribution in [3.63, 3.8) is 0 Å². The van der Waals surface area contributed by atoms with Crippen LogP contribution < -0.4 is 0 Å². The summed E-state index contributed by atoms with van der Waals surface area (Å²) in [5, 5.41) is 0. The Balaban J connectivity index is 1.98. The number of hydrogen-bond donors (Lipinski definition) is 0. The molecular weight excluding hydrogens is 360 g/mol. The minimum atomic E-state index is -0.0000263. The zero-order chi connectivity index (χ0) is 21.2. The summed E-state index contributed by atoms with van der Waals surface area (Å²) >= 11 is 0. The van der Waals surface area contributed by atoms with E-state index in [1.165, 1.54) is 77.0 Å². The molecule has 0 aliphatic rings. The Morgan fingerprint density at radius 3 is 1.97 bits per heavy atom. The SMILES string of the molecule is CCCCC(CCCCCCCCCCCC(CC)C(=O)OCC)n1ccnc1. The van der Waals surface area contributed by atoms with Crippen LogP contribution in [0.25, 0.3) is 0 Å². The number of nitrogens with zero attached hydrogens (tertiary/aromatic N) is 2. The lowest BCUT2D eigenvalue weighted by Crippen LogP contribution is -2.16. The third kappa shape index (κ3) is 12.1. The molecule has 0 saturated carbocycles. The molecule has 0 radical (unpaired) electrons. The van der Waals surface area contributed by atoms with E-state index in [2.05, 4.69) is 29.6 Å². The molecule has 1 aromatic heterocycles. The van der Waals surface area contributed by atoms with Crippen molar-refractivity contribution in [2.24, 2.45) is 5.92 Å². The van der Waals surface area contributed by atoms with E-state index < -0.39 is 0 Å². The van der Waals surface area contributed by atoms with Crippen molar-refractivity contribution in [2.75, 3.05) is 6.61 Å². The van der Waals surface area contributed by atoms with Crippen molar-refractivity contribution < 1.29 is 9.53 Å². The second-order valence-corrected chi connectivity index (χ2v) is 8.42. The van der Waals surface area contributed by atoms with Crippen molar-refractivity contribution in [1.29, 1.82) is 0 Å². The van der Waals surface area contributed by atoms with Crippen molar-refractivity contribution in [2.45, 2.75) is 123 Å². The van der Waals surface area contributed by atoms with Gasteiger partial charge in [0.1, 0.15) is 0 Å². The van der Waals surface area contributed by atoms with Crippen LogP contribution in [0.15, 0.2) is 18.7 Å². The van der Waals surface area contributed by atoms with E-state index in [-0.39, 0.29) is 11.9 Å². The number of imidazole rings is 1. The van der Waals surface area contributed by atoms with Gasteiger partial charge in [-0.15, -0.1) is 0 Å². The summed E-state index contributed by atoms with van der Waals surface area (Å²) in [5.41, 5.74) is 0. The van der Waals surface area contributed by atoms with Gasteiger partial charge in [0.2, 0.25) is 0 Å². The predicted octanol–water partition coefficient (Wildman–Crippen LogP) is 7.49. The van der Waals surface area contributed by atoms with E-state index >= 15 is 0 Å². The highest BCUT2D eigenvalue weighted by Gasteiger charge is 2.16. The van der Waals surface area contributed by atoms with Crippen molar-refractivity contribution in [3.8, 4) is 0 Å². The highest BCUT2D eigenvalue weighted by Crippen LogP contribution is 2.23. The first-order valence-electron chi connectivity index (χ1n) is 12.4. The summed E-state index contributed by atoms with van der Waals surface area (Å²) < 4.78 is 7.45. The molecule has 0 saturated heterocycles. The Morgan fingerprint density at radius 1 is 0.862 bits per heavy atom. The fourth-order valence-electron chi connectivity index (χ4n) is 4.12. The Morgan fingerprint density at radius 2 is 1.45 bits per heavy atom. The highest BCUT2D eigenvalue weighted by atomic mass is 16.5. The fourth-order valence-corrected chi connectivity index (χ4v) is 4.12. The molecule has 0 spiro atoms. The number of carbonyl (C=O) groups excluding carboxylic acids is 1. The molecule has 0 fully saturated rings. The first kappa shape index (κ1) is 25.7. The summed E-state index contributed by atoms with van der Waals surface area (Å²) in [4.78, 5) is 16.0. The lowest BCUT2D eigenvalue weighted by molar-refractivity contribution is -0.148. The molecule has 4 heteroatoms. The summed E-state index contributed by atoms with van der Waals surface area (Å²) in [5.74, 6) is 0.110. The second-order valence-electron chi connectivity index (χ2n) is 8.42. The minimum absolute atomic E-state index is 0.0000263. The molecule has 4 nitrogen and oxygen atoms in total. The average molecular weight is 407 g/mol. The van der Waals surface area contributed by atoms with Crippen LogP contribution in [0.1, 0.15) is 123 Å². The molecule has 0 bridgehead atoms. The number of hydrogen-bond acceptors (Lipinski definition) is 3. The molecule has 168 valence electrons. The molecule has 0 N–H and O–H groups in total. The average Bonchev–Trinajstić information content (AvgIpc) is 3.26. The van der Waals surface area contributed by atoms with Gasteiger partial charge in [-0.1, -0.05) is 84.5 Å². The fraction of sp³-hybridized carbons (Fsp3) is 0.840. The lowest BCUT2D eigenvalue weighted by Gasteiger charge is -2.18. The standard InChI is InChI=1S/C25H46N2O2/c1-4-7-18-24(27-21-20-26-22-27)19-16-14-12-10-8-9-11-13-15-17-23(5-2)25(28)29-6-3/h20-24H,4-19H2,1-3H3. The Hall–Kier alpha value is -1.32. The molecule has 2 unspecified atom stereocenters. The van der Waals surface area contributed by atoms with Gasteiger partial charge >= 0.3 is 5.97 Å². The number of rotatable bonds is 19. The van der Waals surface area contributed by atoms with Crippen LogP contribution in [0.2, 0.25) is 0 Å². The molecule has 0 aliphatic carbocycles. The smallest absolute Gasteiger partial charge is 0.308 e. The third-order valence-electron chi connectivity index (χ3n) is 6.04. The zero-order valence-corrected chi connectivity index (χ0v) is 19.4. The highest BCUT2D eigenvalue weighted by molar-refractivity contribution is 5.72. The normalized spacial score (nSPS) is 13.3. The maximum absolute atomic E-state index is 11.8. The lowest BCUT2D eigenvalue weighted by atomic mass is 9.97. The van der Waals surface area contributed by atoms with Gasteiger partial charge in [-0.3, -0.25) is 4.79 Å². The van der Waals surface area contributed by atoms with Crippen molar-refractivity contribution in [3.05, 3.63) is 18.7 Å². The largest absolute Gasteiger partial charge is 0.466 e. The van der Waals surface area contributed by atoms with E-state index in [4.69, 9.17) is 4.74 Å². The van der Waals surface area contributed by atoms with Gasteiger partial charge in [0.25, 0.3) is 0 Å². The van der Waals surface area contributed by atoms with Crippen LogP contribution in [0, 0.1) is 5.92 Å². The van der Waals surface area contributed by atoms with Gasteiger partial charge in [-0.2, -0.15) is 0 Å². The first-order valence-corrected chi connectivity index (χ1v) is 12.4. The zero-order valence-electron chi connectivity index (χ0n) is 19.4. The summed E-state index contributed by atoms with van der Waals surface area (Å²) in [7, 11) is 0. The number of unbranched alkanes of at least 4 members (excludes halogenated alkanes) is 9. The number of esters is 1. The summed E-state index contributed by atoms with van der Waals surface area (Å²) in [6.07, 6.45) is 24.9. The molecule has 0 aromatic carbocycles. The van der Waals surface area contributed by atoms with Crippen molar-refractivity contribution in [1.82, 2.24) is 9.55 Å². The monoisotopic (exact) mass is 406 g/mol. The van der Waals surface area contributed by atoms with Crippen LogP contribution in [-0.2, 0) is 9.53 Å². The van der Waals surface area contributed by atoms with Gasteiger partial charge < -0.3 is 9.30 Å². The van der Waals surface area contributed by atoms with E-state index in [0.717, 1.165) is 19.3 Å². The Bertz CT molecular complexity index is 487. The summed E-state index contributed by atoms with van der Waals surface area (Å²) in [6, 6.07) is 0.638. The molecular formula is C25H46N2O2. The van der Waals surface area contributed by atoms with Gasteiger partial charge in [-0.05, 0) is 32.6 Å². The quantitative estimate of drug-likeness (QED) is 0.176. The van der Waals surface area contributed by atoms with Gasteiger partial charge in [0.05, 0.1) is 18.9 Å². The van der Waals surface area contributed by atoms with Crippen LogP contribution in [0.3, 0.4) is 0 Å². The van der Waals surface area contributed by atoms with Crippen molar-refractivity contribution >= 4 is 5.97 Å². The predicted molar refractivity (Wildman–Crippen MR) is 122 cm³/mol. The number of ether oxygens (including phenoxy) is 1. The van der Waals surface area contributed by atoms with Gasteiger partial charge in [0, 0.05) is 18.4 Å². The molecule has 0 aliphatic heterocycles. The number of aromatic nitrogens is 2. The van der Waals surface area contributed by atoms with Crippen LogP contribution in [0.5, 0.6) is 0 Å².